The Morgan fingerprint density at radius 3 is 3.00 bits per heavy atom. The molecule has 1 unspecified atom stereocenters. The Morgan fingerprint density at radius 2 is 2.29 bits per heavy atom. The highest BCUT2D eigenvalue weighted by molar-refractivity contribution is 8.00. The molecule has 0 fully saturated rings. The van der Waals surface area contributed by atoms with E-state index in [1.54, 1.807) is 6.92 Å². The number of Topliss-reactive ketones (excluding diaryl/α,β-unsaturated/α-hetero) is 1. The maximum absolute atomic E-state index is 13.4. The number of rotatable bonds is 0. The van der Waals surface area contributed by atoms with Crippen LogP contribution in [0.3, 0.4) is 0 Å². The Morgan fingerprint density at radius 1 is 1.57 bits per heavy atom. The van der Waals surface area contributed by atoms with E-state index in [9.17, 15) is 9.18 Å². The maximum Gasteiger partial charge on any atom is 0.178 e. The molecule has 1 nitrogen and oxygen atoms in total. The lowest BCUT2D eigenvalue weighted by Gasteiger charge is -2.21. The third-order valence-corrected chi connectivity index (χ3v) is 3.82. The monoisotopic (exact) mass is 230 g/mol. The van der Waals surface area contributed by atoms with Gasteiger partial charge in [0.15, 0.2) is 5.78 Å². The Labute approximate surface area is 90.6 Å². The van der Waals surface area contributed by atoms with Crippen LogP contribution in [0.4, 0.5) is 4.39 Å². The lowest BCUT2D eigenvalue weighted by Crippen LogP contribution is -2.22. The fraction of sp³-hybridized carbons (Fsp3) is 0.300. The number of hydrogen-bond donors (Lipinski definition) is 0. The van der Waals surface area contributed by atoms with Gasteiger partial charge in [-0.25, -0.2) is 4.39 Å². The lowest BCUT2D eigenvalue weighted by atomic mass is 10.0. The molecule has 0 aliphatic carbocycles. The van der Waals surface area contributed by atoms with Crippen LogP contribution in [0.15, 0.2) is 12.1 Å². The average Bonchev–Trinajstić information content (AvgIpc) is 2.16. The molecule has 1 atom stereocenters. The van der Waals surface area contributed by atoms with E-state index in [0.29, 0.717) is 16.3 Å². The van der Waals surface area contributed by atoms with Crippen molar-refractivity contribution >= 4 is 29.1 Å². The van der Waals surface area contributed by atoms with E-state index in [4.69, 9.17) is 11.6 Å². The summed E-state index contributed by atoms with van der Waals surface area (Å²) in [7, 11) is 0. The van der Waals surface area contributed by atoms with Gasteiger partial charge < -0.3 is 0 Å². The number of halogens is 2. The highest BCUT2D eigenvalue weighted by Gasteiger charge is 2.28. The van der Waals surface area contributed by atoms with E-state index in [2.05, 4.69) is 0 Å². The number of fused-ring (bicyclic) bond motifs is 1. The van der Waals surface area contributed by atoms with Crippen LogP contribution in [-0.2, 0) is 5.75 Å². The molecule has 0 saturated carbocycles. The number of ketones is 1. The van der Waals surface area contributed by atoms with Crippen molar-refractivity contribution < 1.29 is 9.18 Å². The lowest BCUT2D eigenvalue weighted by molar-refractivity contribution is 0.0987. The molecule has 74 valence electrons. The topological polar surface area (TPSA) is 17.1 Å². The first-order valence-electron chi connectivity index (χ1n) is 4.24. The van der Waals surface area contributed by atoms with Gasteiger partial charge in [-0.15, -0.1) is 11.8 Å². The van der Waals surface area contributed by atoms with Crippen molar-refractivity contribution in [2.45, 2.75) is 17.9 Å². The van der Waals surface area contributed by atoms with Gasteiger partial charge in [-0.1, -0.05) is 11.6 Å². The summed E-state index contributed by atoms with van der Waals surface area (Å²) in [5.74, 6) is -0.00319. The van der Waals surface area contributed by atoms with Gasteiger partial charge in [0.05, 0.1) is 10.8 Å². The number of carbonyl (C=O) groups excluding carboxylic acids is 1. The number of carbonyl (C=O) groups is 1. The van der Waals surface area contributed by atoms with Crippen molar-refractivity contribution in [3.8, 4) is 0 Å². The minimum atomic E-state index is -0.457. The fourth-order valence-electron chi connectivity index (χ4n) is 1.49. The van der Waals surface area contributed by atoms with E-state index in [-0.39, 0.29) is 16.6 Å². The fourth-order valence-corrected chi connectivity index (χ4v) is 2.78. The number of thioether (sulfide) groups is 1. The minimum Gasteiger partial charge on any atom is -0.293 e. The van der Waals surface area contributed by atoms with Gasteiger partial charge in [0.25, 0.3) is 0 Å². The van der Waals surface area contributed by atoms with Gasteiger partial charge in [-0.3, -0.25) is 4.79 Å². The average molecular weight is 231 g/mol. The normalized spacial score (nSPS) is 20.8. The molecule has 14 heavy (non-hydrogen) atoms. The van der Waals surface area contributed by atoms with Gasteiger partial charge in [0.1, 0.15) is 5.82 Å². The van der Waals surface area contributed by atoms with Crippen molar-refractivity contribution in [3.63, 3.8) is 0 Å². The molecule has 0 bridgehead atoms. The quantitative estimate of drug-likeness (QED) is 0.680. The van der Waals surface area contributed by atoms with Gasteiger partial charge in [-0.05, 0) is 24.6 Å². The Bertz CT molecular complexity index is 405. The van der Waals surface area contributed by atoms with E-state index < -0.39 is 5.82 Å². The molecule has 4 heteroatoms. The minimum absolute atomic E-state index is 0.156. The number of benzene rings is 1. The van der Waals surface area contributed by atoms with E-state index in [0.717, 1.165) is 0 Å². The first kappa shape index (κ1) is 9.99. The Balaban J connectivity index is 2.64. The van der Waals surface area contributed by atoms with Crippen molar-refractivity contribution in [1.82, 2.24) is 0 Å². The van der Waals surface area contributed by atoms with Gasteiger partial charge in [-0.2, -0.15) is 0 Å². The predicted octanol–water partition coefficient (Wildman–Crippen LogP) is 3.30. The first-order chi connectivity index (χ1) is 6.61. The van der Waals surface area contributed by atoms with Crippen LogP contribution in [0.2, 0.25) is 5.02 Å². The zero-order chi connectivity index (χ0) is 10.3. The molecule has 0 amide bonds. The van der Waals surface area contributed by atoms with Crippen LogP contribution in [0.1, 0.15) is 22.8 Å². The predicted molar refractivity (Wildman–Crippen MR) is 56.5 cm³/mol. The largest absolute Gasteiger partial charge is 0.293 e. The zero-order valence-electron chi connectivity index (χ0n) is 7.51. The van der Waals surface area contributed by atoms with Crippen molar-refractivity contribution in [1.29, 1.82) is 0 Å². The molecule has 1 heterocycles. The highest BCUT2D eigenvalue weighted by atomic mass is 35.5. The van der Waals surface area contributed by atoms with Crippen LogP contribution in [0, 0.1) is 5.82 Å². The summed E-state index contributed by atoms with van der Waals surface area (Å²) in [5, 5.41) is 0.310. The Hall–Kier alpha value is -0.540. The molecule has 0 radical (unpaired) electrons. The summed E-state index contributed by atoms with van der Waals surface area (Å²) in [4.78, 5) is 11.7. The summed E-state index contributed by atoms with van der Waals surface area (Å²) >= 11 is 7.39. The molecule has 0 aromatic heterocycles. The van der Waals surface area contributed by atoms with Crippen molar-refractivity contribution in [2.24, 2.45) is 0 Å². The standard InChI is InChI=1S/C10H8ClFOS/c1-5-10(13)9-6(4-14-5)7(11)2-3-8(9)12/h2-3,5H,4H2,1H3. The zero-order valence-corrected chi connectivity index (χ0v) is 9.08. The van der Waals surface area contributed by atoms with Gasteiger partial charge in [0.2, 0.25) is 0 Å². The third-order valence-electron chi connectivity index (χ3n) is 2.30. The number of hydrogen-bond acceptors (Lipinski definition) is 2. The summed E-state index contributed by atoms with van der Waals surface area (Å²) in [6.07, 6.45) is 0. The van der Waals surface area contributed by atoms with E-state index >= 15 is 0 Å². The van der Waals surface area contributed by atoms with Crippen LogP contribution >= 0.6 is 23.4 Å². The smallest absolute Gasteiger partial charge is 0.178 e. The maximum atomic E-state index is 13.4. The molecule has 0 saturated heterocycles. The Kier molecular flexibility index (Phi) is 2.54. The summed E-state index contributed by atoms with van der Waals surface area (Å²) in [6.45, 7) is 1.79. The molecule has 1 aliphatic heterocycles. The molecule has 1 aromatic rings. The van der Waals surface area contributed by atoms with Crippen molar-refractivity contribution in [3.05, 3.63) is 34.1 Å². The molecule has 1 aliphatic rings. The van der Waals surface area contributed by atoms with Gasteiger partial charge in [0, 0.05) is 10.8 Å². The first-order valence-corrected chi connectivity index (χ1v) is 5.66. The van der Waals surface area contributed by atoms with Crippen LogP contribution in [0.25, 0.3) is 0 Å². The van der Waals surface area contributed by atoms with E-state index in [1.807, 2.05) is 0 Å². The van der Waals surface area contributed by atoms with Crippen LogP contribution in [-0.4, -0.2) is 11.0 Å². The summed E-state index contributed by atoms with van der Waals surface area (Å²) in [6, 6.07) is 2.75. The van der Waals surface area contributed by atoms with E-state index in [1.165, 1.54) is 23.9 Å². The summed E-state index contributed by atoms with van der Waals surface area (Å²) in [5.41, 5.74) is 0.823. The molecule has 1 aromatic carbocycles. The summed E-state index contributed by atoms with van der Waals surface area (Å²) < 4.78 is 13.4. The van der Waals surface area contributed by atoms with Crippen LogP contribution in [0.5, 0.6) is 0 Å². The highest BCUT2D eigenvalue weighted by Crippen LogP contribution is 2.35. The van der Waals surface area contributed by atoms with Crippen LogP contribution < -0.4 is 0 Å². The second-order valence-electron chi connectivity index (χ2n) is 3.20. The van der Waals surface area contributed by atoms with Gasteiger partial charge >= 0.3 is 0 Å². The molecule has 0 spiro atoms. The molecular formula is C10H8ClFOS. The SMILES string of the molecule is CC1SCc2c(Cl)ccc(F)c2C1=O. The molecular weight excluding hydrogens is 223 g/mol. The molecule has 2 rings (SSSR count). The second-order valence-corrected chi connectivity index (χ2v) is 4.94. The second kappa shape index (κ2) is 3.55. The van der Waals surface area contributed by atoms with Crippen molar-refractivity contribution in [2.75, 3.05) is 0 Å². The molecule has 0 N–H and O–H groups in total. The third kappa shape index (κ3) is 1.44.